The Morgan fingerprint density at radius 1 is 1.32 bits per heavy atom. The summed E-state index contributed by atoms with van der Waals surface area (Å²) in [6.07, 6.45) is 5.08. The van der Waals surface area contributed by atoms with E-state index in [2.05, 4.69) is 6.92 Å². The number of ether oxygens (including phenoxy) is 1. The van der Waals surface area contributed by atoms with Crippen LogP contribution in [0.25, 0.3) is 0 Å². The first-order valence-corrected chi connectivity index (χ1v) is 9.66. The predicted octanol–water partition coefficient (Wildman–Crippen LogP) is 3.74. The van der Waals surface area contributed by atoms with E-state index in [1.165, 1.54) is 0 Å². The van der Waals surface area contributed by atoms with Crippen LogP contribution in [0.2, 0.25) is 0 Å². The van der Waals surface area contributed by atoms with Crippen LogP contribution in [0.4, 0.5) is 0 Å². The summed E-state index contributed by atoms with van der Waals surface area (Å²) in [5, 5.41) is 0. The minimum Gasteiger partial charge on any atom is -0.493 e. The number of nitrogens with zero attached hydrogens (tertiary/aromatic N) is 1. The van der Waals surface area contributed by atoms with E-state index in [0.29, 0.717) is 18.0 Å². The molecule has 0 unspecified atom stereocenters. The zero-order valence-corrected chi connectivity index (χ0v) is 14.7. The lowest BCUT2D eigenvalue weighted by Crippen LogP contribution is -2.41. The molecular weight excluding hydrogens is 298 g/mol. The lowest BCUT2D eigenvalue weighted by Gasteiger charge is -2.32. The molecule has 1 heterocycles. The van der Waals surface area contributed by atoms with Crippen molar-refractivity contribution in [1.29, 1.82) is 0 Å². The standard InChI is InChI=1S/C17H27NO3S/c1-4-5-12-21-17-10-9-16(13-14(17)2)22(19,20)18-11-7-6-8-15(18)3/h9-10,13,15H,4-8,11-12H2,1-3H3/t15-/m1/s1. The molecule has 1 aliphatic rings. The summed E-state index contributed by atoms with van der Waals surface area (Å²) in [6.45, 7) is 7.31. The highest BCUT2D eigenvalue weighted by Gasteiger charge is 2.31. The second kappa shape index (κ2) is 7.47. The van der Waals surface area contributed by atoms with E-state index in [4.69, 9.17) is 4.74 Å². The van der Waals surface area contributed by atoms with Crippen molar-refractivity contribution < 1.29 is 13.2 Å². The smallest absolute Gasteiger partial charge is 0.243 e. The van der Waals surface area contributed by atoms with Gasteiger partial charge in [-0.05, 0) is 56.9 Å². The largest absolute Gasteiger partial charge is 0.493 e. The first kappa shape index (κ1) is 17.3. The molecule has 2 rings (SSSR count). The molecule has 22 heavy (non-hydrogen) atoms. The molecule has 5 heteroatoms. The van der Waals surface area contributed by atoms with Gasteiger partial charge >= 0.3 is 0 Å². The van der Waals surface area contributed by atoms with Gasteiger partial charge in [0.05, 0.1) is 11.5 Å². The fourth-order valence-corrected chi connectivity index (χ4v) is 4.62. The predicted molar refractivity (Wildman–Crippen MR) is 88.8 cm³/mol. The first-order valence-electron chi connectivity index (χ1n) is 8.22. The second-order valence-electron chi connectivity index (χ2n) is 6.09. The van der Waals surface area contributed by atoms with E-state index in [1.807, 2.05) is 13.8 Å². The zero-order chi connectivity index (χ0) is 16.2. The summed E-state index contributed by atoms with van der Waals surface area (Å²) < 4.78 is 33.0. The Bertz CT molecular complexity index is 598. The molecule has 0 N–H and O–H groups in total. The summed E-state index contributed by atoms with van der Waals surface area (Å²) in [5.74, 6) is 0.777. The minimum atomic E-state index is -3.40. The van der Waals surface area contributed by atoms with Gasteiger partial charge in [-0.1, -0.05) is 19.8 Å². The van der Waals surface area contributed by atoms with Gasteiger partial charge in [-0.15, -0.1) is 0 Å². The first-order chi connectivity index (χ1) is 10.5. The Hall–Kier alpha value is -1.07. The number of hydrogen-bond acceptors (Lipinski definition) is 3. The van der Waals surface area contributed by atoms with Crippen LogP contribution in [0.3, 0.4) is 0 Å². The summed E-state index contributed by atoms with van der Waals surface area (Å²) >= 11 is 0. The third-order valence-electron chi connectivity index (χ3n) is 4.25. The van der Waals surface area contributed by atoms with Crippen LogP contribution in [0.5, 0.6) is 5.75 Å². The molecule has 1 saturated heterocycles. The monoisotopic (exact) mass is 325 g/mol. The Morgan fingerprint density at radius 2 is 2.09 bits per heavy atom. The lowest BCUT2D eigenvalue weighted by atomic mass is 10.1. The lowest BCUT2D eigenvalue weighted by molar-refractivity contribution is 0.268. The van der Waals surface area contributed by atoms with E-state index in [0.717, 1.165) is 43.4 Å². The molecule has 0 radical (unpaired) electrons. The van der Waals surface area contributed by atoms with Gasteiger partial charge in [-0.25, -0.2) is 8.42 Å². The highest BCUT2D eigenvalue weighted by atomic mass is 32.2. The topological polar surface area (TPSA) is 46.6 Å². The highest BCUT2D eigenvalue weighted by Crippen LogP contribution is 2.28. The van der Waals surface area contributed by atoms with Crippen molar-refractivity contribution in [3.63, 3.8) is 0 Å². The van der Waals surface area contributed by atoms with Gasteiger partial charge < -0.3 is 4.74 Å². The van der Waals surface area contributed by atoms with Gasteiger partial charge in [-0.2, -0.15) is 4.31 Å². The number of unbranched alkanes of at least 4 members (excludes halogenated alkanes) is 1. The minimum absolute atomic E-state index is 0.0829. The fourth-order valence-electron chi connectivity index (χ4n) is 2.83. The van der Waals surface area contributed by atoms with Crippen molar-refractivity contribution in [3.05, 3.63) is 23.8 Å². The van der Waals surface area contributed by atoms with Crippen molar-refractivity contribution in [3.8, 4) is 5.75 Å². The molecule has 0 amide bonds. The van der Waals surface area contributed by atoms with Gasteiger partial charge in [0, 0.05) is 12.6 Å². The number of aryl methyl sites for hydroxylation is 1. The van der Waals surface area contributed by atoms with E-state index < -0.39 is 10.0 Å². The van der Waals surface area contributed by atoms with Crippen LogP contribution >= 0.6 is 0 Å². The third kappa shape index (κ3) is 3.82. The number of sulfonamides is 1. The van der Waals surface area contributed by atoms with E-state index in [1.54, 1.807) is 22.5 Å². The molecule has 1 aliphatic heterocycles. The maximum atomic E-state index is 12.8. The number of hydrogen-bond donors (Lipinski definition) is 0. The average molecular weight is 325 g/mol. The molecule has 0 aromatic heterocycles. The molecule has 1 fully saturated rings. The van der Waals surface area contributed by atoms with Crippen molar-refractivity contribution in [2.45, 2.75) is 63.8 Å². The molecule has 1 atom stereocenters. The van der Waals surface area contributed by atoms with Crippen molar-refractivity contribution in [2.75, 3.05) is 13.2 Å². The van der Waals surface area contributed by atoms with E-state index in [9.17, 15) is 8.42 Å². The van der Waals surface area contributed by atoms with Gasteiger partial charge in [0.15, 0.2) is 0 Å². The van der Waals surface area contributed by atoms with Crippen molar-refractivity contribution in [1.82, 2.24) is 4.31 Å². The fraction of sp³-hybridized carbons (Fsp3) is 0.647. The van der Waals surface area contributed by atoms with Crippen LogP contribution in [0.15, 0.2) is 23.1 Å². The number of piperidine rings is 1. The number of benzene rings is 1. The molecule has 124 valence electrons. The Balaban J connectivity index is 2.19. The van der Waals surface area contributed by atoms with Crippen LogP contribution in [0, 0.1) is 6.92 Å². The van der Waals surface area contributed by atoms with Crippen molar-refractivity contribution in [2.24, 2.45) is 0 Å². The molecule has 0 aliphatic carbocycles. The second-order valence-corrected chi connectivity index (χ2v) is 7.98. The molecule has 0 bridgehead atoms. The van der Waals surface area contributed by atoms with E-state index in [-0.39, 0.29) is 6.04 Å². The van der Waals surface area contributed by atoms with Gasteiger partial charge in [0.1, 0.15) is 5.75 Å². The van der Waals surface area contributed by atoms with Gasteiger partial charge in [0.2, 0.25) is 10.0 Å². The van der Waals surface area contributed by atoms with Crippen LogP contribution in [-0.4, -0.2) is 31.9 Å². The number of rotatable bonds is 6. The Morgan fingerprint density at radius 3 is 2.73 bits per heavy atom. The highest BCUT2D eigenvalue weighted by molar-refractivity contribution is 7.89. The van der Waals surface area contributed by atoms with Crippen LogP contribution in [-0.2, 0) is 10.0 Å². The van der Waals surface area contributed by atoms with Crippen LogP contribution in [0.1, 0.15) is 51.5 Å². The molecule has 0 saturated carbocycles. The molecule has 4 nitrogen and oxygen atoms in total. The Kier molecular flexibility index (Phi) is 5.87. The van der Waals surface area contributed by atoms with Crippen LogP contribution < -0.4 is 4.74 Å². The Labute approximate surface area is 134 Å². The summed E-state index contributed by atoms with van der Waals surface area (Å²) in [5.41, 5.74) is 0.877. The zero-order valence-electron chi connectivity index (χ0n) is 13.8. The molecular formula is C17H27NO3S. The molecule has 1 aromatic rings. The summed E-state index contributed by atoms with van der Waals surface area (Å²) in [4.78, 5) is 0.376. The quantitative estimate of drug-likeness (QED) is 0.749. The SMILES string of the molecule is CCCCOc1ccc(S(=O)(=O)N2CCCC[C@H]2C)cc1C. The third-order valence-corrected chi connectivity index (χ3v) is 6.26. The molecule has 0 spiro atoms. The van der Waals surface area contributed by atoms with Gasteiger partial charge in [0.25, 0.3) is 0 Å². The maximum absolute atomic E-state index is 12.8. The van der Waals surface area contributed by atoms with Crippen molar-refractivity contribution >= 4 is 10.0 Å². The summed E-state index contributed by atoms with van der Waals surface area (Å²) in [7, 11) is -3.40. The average Bonchev–Trinajstić information content (AvgIpc) is 2.49. The maximum Gasteiger partial charge on any atom is 0.243 e. The summed E-state index contributed by atoms with van der Waals surface area (Å²) in [6, 6.07) is 5.27. The normalized spacial score (nSPS) is 20.0. The van der Waals surface area contributed by atoms with E-state index >= 15 is 0 Å². The molecule has 1 aromatic carbocycles. The van der Waals surface area contributed by atoms with Gasteiger partial charge in [-0.3, -0.25) is 0 Å².